The highest BCUT2D eigenvalue weighted by atomic mass is 16.5. The molecule has 1 heterocycles. The number of carbonyl (C=O) groups is 2. The van der Waals surface area contributed by atoms with Gasteiger partial charge in [-0.1, -0.05) is 30.5 Å². The average Bonchev–Trinajstić information content (AvgIpc) is 3.18. The first-order valence-corrected chi connectivity index (χ1v) is 9.29. The van der Waals surface area contributed by atoms with Gasteiger partial charge >= 0.3 is 0 Å². The van der Waals surface area contributed by atoms with Crippen LogP contribution in [0.4, 0.5) is 5.69 Å². The Bertz CT molecular complexity index is 783. The maximum Gasteiger partial charge on any atom is 0.277 e. The second-order valence-corrected chi connectivity index (χ2v) is 6.68. The van der Waals surface area contributed by atoms with Gasteiger partial charge in [-0.2, -0.15) is 0 Å². The molecule has 0 unspecified atom stereocenters. The highest BCUT2D eigenvalue weighted by Crippen LogP contribution is 2.23. The minimum atomic E-state index is -0.347. The van der Waals surface area contributed by atoms with Gasteiger partial charge in [-0.25, -0.2) is 4.68 Å². The van der Waals surface area contributed by atoms with Gasteiger partial charge in [0.25, 0.3) is 5.91 Å². The second-order valence-electron chi connectivity index (χ2n) is 6.68. The number of amides is 2. The molecule has 1 aliphatic rings. The molecule has 1 aromatic heterocycles. The van der Waals surface area contributed by atoms with E-state index in [-0.39, 0.29) is 23.4 Å². The number of anilines is 1. The summed E-state index contributed by atoms with van der Waals surface area (Å²) in [4.78, 5) is 24.4. The molecule has 3 rings (SSSR count). The second kappa shape index (κ2) is 9.16. The normalized spacial score (nSPS) is 14.6. The number of aromatic nitrogens is 3. The van der Waals surface area contributed by atoms with E-state index in [2.05, 4.69) is 20.9 Å². The molecule has 8 heteroatoms. The monoisotopic (exact) mass is 371 g/mol. The molecule has 144 valence electrons. The lowest BCUT2D eigenvalue weighted by Gasteiger charge is -2.20. The van der Waals surface area contributed by atoms with Gasteiger partial charge in [0.05, 0.1) is 19.9 Å². The minimum absolute atomic E-state index is 0.116. The lowest BCUT2D eigenvalue weighted by molar-refractivity contribution is -0.125. The van der Waals surface area contributed by atoms with Gasteiger partial charge < -0.3 is 15.4 Å². The Kier molecular flexibility index (Phi) is 6.40. The van der Waals surface area contributed by atoms with Crippen LogP contribution in [0, 0.1) is 5.92 Å². The van der Waals surface area contributed by atoms with E-state index in [0.29, 0.717) is 24.5 Å². The van der Waals surface area contributed by atoms with Crippen molar-refractivity contribution >= 4 is 17.5 Å². The van der Waals surface area contributed by atoms with Crippen LogP contribution in [0.3, 0.4) is 0 Å². The van der Waals surface area contributed by atoms with E-state index in [1.807, 2.05) is 0 Å². The number of ether oxygens (including phenoxy) is 1. The molecular formula is C19H25N5O3. The molecule has 0 saturated heterocycles. The molecule has 1 saturated carbocycles. The molecule has 1 aliphatic carbocycles. The van der Waals surface area contributed by atoms with Crippen LogP contribution in [-0.4, -0.2) is 40.5 Å². The van der Waals surface area contributed by atoms with Crippen molar-refractivity contribution in [3.05, 3.63) is 36.2 Å². The molecule has 2 N–H and O–H groups in total. The fourth-order valence-electron chi connectivity index (χ4n) is 3.21. The van der Waals surface area contributed by atoms with Crippen molar-refractivity contribution in [2.75, 3.05) is 19.0 Å². The molecule has 0 bridgehead atoms. The number of carbonyl (C=O) groups excluding carboxylic acids is 2. The maximum absolute atomic E-state index is 12.3. The fourth-order valence-corrected chi connectivity index (χ4v) is 3.21. The first-order chi connectivity index (χ1) is 13.2. The Morgan fingerprint density at radius 1 is 1.26 bits per heavy atom. The predicted octanol–water partition coefficient (Wildman–Crippen LogP) is 2.24. The third-order valence-corrected chi connectivity index (χ3v) is 4.71. The lowest BCUT2D eigenvalue weighted by atomic mass is 9.89. The number of nitrogens with zero attached hydrogens (tertiary/aromatic N) is 3. The summed E-state index contributed by atoms with van der Waals surface area (Å²) in [5.41, 5.74) is 0.838. The largest absolute Gasteiger partial charge is 0.497 e. The van der Waals surface area contributed by atoms with Crippen LogP contribution in [0.15, 0.2) is 30.5 Å². The number of hydrogen-bond acceptors (Lipinski definition) is 5. The Balaban J connectivity index is 1.47. The van der Waals surface area contributed by atoms with Crippen molar-refractivity contribution in [3.63, 3.8) is 0 Å². The number of hydrogen-bond donors (Lipinski definition) is 2. The SMILES string of the molecule is COc1cccc(NC(=O)c2cn(CCNC(=O)C3CCCCC3)nn2)c1. The zero-order valence-electron chi connectivity index (χ0n) is 15.5. The molecular weight excluding hydrogens is 346 g/mol. The Hall–Kier alpha value is -2.90. The lowest BCUT2D eigenvalue weighted by Crippen LogP contribution is -2.34. The van der Waals surface area contributed by atoms with Crippen molar-refractivity contribution in [2.24, 2.45) is 5.92 Å². The molecule has 0 atom stereocenters. The highest BCUT2D eigenvalue weighted by Gasteiger charge is 2.20. The van der Waals surface area contributed by atoms with Gasteiger partial charge in [0.15, 0.2) is 5.69 Å². The predicted molar refractivity (Wildman–Crippen MR) is 101 cm³/mol. The fraction of sp³-hybridized carbons (Fsp3) is 0.474. The molecule has 2 aromatic rings. The van der Waals surface area contributed by atoms with Gasteiger partial charge in [0.1, 0.15) is 5.75 Å². The Labute approximate surface area is 158 Å². The van der Waals surface area contributed by atoms with E-state index in [1.54, 1.807) is 42.3 Å². The molecule has 2 amide bonds. The average molecular weight is 371 g/mol. The molecule has 1 fully saturated rings. The maximum atomic E-state index is 12.3. The minimum Gasteiger partial charge on any atom is -0.497 e. The van der Waals surface area contributed by atoms with E-state index >= 15 is 0 Å². The van der Waals surface area contributed by atoms with Crippen molar-refractivity contribution < 1.29 is 14.3 Å². The van der Waals surface area contributed by atoms with Crippen molar-refractivity contribution in [3.8, 4) is 5.75 Å². The summed E-state index contributed by atoms with van der Waals surface area (Å²) in [6.07, 6.45) is 7.01. The smallest absolute Gasteiger partial charge is 0.277 e. The van der Waals surface area contributed by atoms with Crippen molar-refractivity contribution in [1.82, 2.24) is 20.3 Å². The van der Waals surface area contributed by atoms with E-state index in [4.69, 9.17) is 4.74 Å². The quantitative estimate of drug-likeness (QED) is 0.778. The van der Waals surface area contributed by atoms with Crippen molar-refractivity contribution in [1.29, 1.82) is 0 Å². The third kappa shape index (κ3) is 5.29. The van der Waals surface area contributed by atoms with Crippen LogP contribution >= 0.6 is 0 Å². The van der Waals surface area contributed by atoms with Gasteiger partial charge in [-0.05, 0) is 25.0 Å². The van der Waals surface area contributed by atoms with E-state index in [0.717, 1.165) is 25.7 Å². The number of benzene rings is 1. The zero-order valence-corrected chi connectivity index (χ0v) is 15.5. The Morgan fingerprint density at radius 2 is 2.07 bits per heavy atom. The molecule has 1 aromatic carbocycles. The van der Waals surface area contributed by atoms with Crippen LogP contribution < -0.4 is 15.4 Å². The van der Waals surface area contributed by atoms with E-state index < -0.39 is 0 Å². The number of rotatable bonds is 7. The topological polar surface area (TPSA) is 98.1 Å². The first kappa shape index (κ1) is 18.9. The van der Waals surface area contributed by atoms with Gasteiger partial charge in [-0.3, -0.25) is 9.59 Å². The Morgan fingerprint density at radius 3 is 2.85 bits per heavy atom. The van der Waals surface area contributed by atoms with Crippen molar-refractivity contribution in [2.45, 2.75) is 38.6 Å². The standard InChI is InChI=1S/C19H25N5O3/c1-27-16-9-5-8-15(12-16)21-19(26)17-13-24(23-22-17)11-10-20-18(25)14-6-3-2-4-7-14/h5,8-9,12-14H,2-4,6-7,10-11H2,1H3,(H,20,25)(H,21,26). The molecule has 0 aliphatic heterocycles. The molecule has 0 radical (unpaired) electrons. The summed E-state index contributed by atoms with van der Waals surface area (Å²) in [5, 5.41) is 13.6. The van der Waals surface area contributed by atoms with Crippen LogP contribution in [0.1, 0.15) is 42.6 Å². The summed E-state index contributed by atoms with van der Waals surface area (Å²) >= 11 is 0. The molecule has 27 heavy (non-hydrogen) atoms. The summed E-state index contributed by atoms with van der Waals surface area (Å²) in [5.74, 6) is 0.565. The number of methoxy groups -OCH3 is 1. The first-order valence-electron chi connectivity index (χ1n) is 9.29. The van der Waals surface area contributed by atoms with Crippen LogP contribution in [0.25, 0.3) is 0 Å². The molecule has 0 spiro atoms. The van der Waals surface area contributed by atoms with E-state index in [9.17, 15) is 9.59 Å². The summed E-state index contributed by atoms with van der Waals surface area (Å²) in [6, 6.07) is 7.09. The van der Waals surface area contributed by atoms with Gasteiger partial charge in [0, 0.05) is 24.2 Å². The summed E-state index contributed by atoms with van der Waals surface area (Å²) < 4.78 is 6.69. The van der Waals surface area contributed by atoms with E-state index in [1.165, 1.54) is 6.42 Å². The molecule has 8 nitrogen and oxygen atoms in total. The van der Waals surface area contributed by atoms with Gasteiger partial charge in [0.2, 0.25) is 5.91 Å². The van der Waals surface area contributed by atoms with Crippen LogP contribution in [0.5, 0.6) is 5.75 Å². The number of nitrogens with one attached hydrogen (secondary N) is 2. The highest BCUT2D eigenvalue weighted by molar-refractivity contribution is 6.02. The third-order valence-electron chi connectivity index (χ3n) is 4.71. The zero-order chi connectivity index (χ0) is 19.1. The summed E-state index contributed by atoms with van der Waals surface area (Å²) in [6.45, 7) is 0.938. The van der Waals surface area contributed by atoms with Gasteiger partial charge in [-0.15, -0.1) is 5.10 Å². The summed E-state index contributed by atoms with van der Waals surface area (Å²) in [7, 11) is 1.57. The van der Waals surface area contributed by atoms with Crippen LogP contribution in [0.2, 0.25) is 0 Å². The van der Waals surface area contributed by atoms with Crippen LogP contribution in [-0.2, 0) is 11.3 Å².